The number of benzene rings is 2. The maximum absolute atomic E-state index is 13.0. The Morgan fingerprint density at radius 1 is 1.03 bits per heavy atom. The van der Waals surface area contributed by atoms with Gasteiger partial charge in [0, 0.05) is 24.2 Å². The molecule has 1 aromatic heterocycles. The molecule has 2 aromatic carbocycles. The second-order valence-corrected chi connectivity index (χ2v) is 7.05. The quantitative estimate of drug-likeness (QED) is 0.600. The molecule has 2 heterocycles. The van der Waals surface area contributed by atoms with Gasteiger partial charge in [0.1, 0.15) is 5.82 Å². The second kappa shape index (κ2) is 8.86. The van der Waals surface area contributed by atoms with Crippen LogP contribution in [0.15, 0.2) is 59.0 Å². The Morgan fingerprint density at radius 2 is 1.73 bits per heavy atom. The van der Waals surface area contributed by atoms with E-state index in [1.165, 1.54) is 24.3 Å². The zero-order valence-corrected chi connectivity index (χ0v) is 16.2. The molecule has 1 aliphatic heterocycles. The van der Waals surface area contributed by atoms with Crippen LogP contribution in [0.3, 0.4) is 0 Å². The molecule has 154 valence electrons. The fraction of sp³-hybridized carbons (Fsp3) is 0.273. The first-order chi connectivity index (χ1) is 14.6. The fourth-order valence-electron chi connectivity index (χ4n) is 3.35. The first-order valence-electron chi connectivity index (χ1n) is 9.69. The van der Waals surface area contributed by atoms with Crippen molar-refractivity contribution in [1.29, 1.82) is 0 Å². The van der Waals surface area contributed by atoms with E-state index in [4.69, 9.17) is 9.15 Å². The van der Waals surface area contributed by atoms with E-state index < -0.39 is 0 Å². The van der Waals surface area contributed by atoms with Crippen LogP contribution in [0.4, 0.5) is 4.39 Å². The summed E-state index contributed by atoms with van der Waals surface area (Å²) in [6.07, 6.45) is 1.01. The summed E-state index contributed by atoms with van der Waals surface area (Å²) in [5, 5.41) is 7.88. The smallest absolute Gasteiger partial charge is 0.309 e. The minimum atomic E-state index is -0.384. The maximum Gasteiger partial charge on any atom is 0.309 e. The highest BCUT2D eigenvalue weighted by molar-refractivity contribution is 5.94. The molecule has 1 fully saturated rings. The summed E-state index contributed by atoms with van der Waals surface area (Å²) in [4.78, 5) is 26.5. The lowest BCUT2D eigenvalue weighted by atomic mass is 9.96. The number of carbonyl (C=O) groups excluding carboxylic acids is 2. The summed E-state index contributed by atoms with van der Waals surface area (Å²) in [6.45, 7) is 0.788. The number of likely N-dealkylation sites (tertiary alicyclic amines) is 1. The number of ether oxygens (including phenoxy) is 1. The highest BCUT2D eigenvalue weighted by atomic mass is 19.1. The van der Waals surface area contributed by atoms with E-state index in [-0.39, 0.29) is 36.1 Å². The first-order valence-corrected chi connectivity index (χ1v) is 9.69. The normalized spacial score (nSPS) is 14.5. The number of hydrogen-bond donors (Lipinski definition) is 0. The lowest BCUT2D eigenvalue weighted by Crippen LogP contribution is -2.40. The SMILES string of the molecule is O=C(OCc1nnc(-c2ccccc2)o1)C1CCN(C(=O)c2ccc(F)cc2)CC1. The van der Waals surface area contributed by atoms with E-state index in [0.717, 1.165) is 5.56 Å². The standard InChI is InChI=1S/C22H20FN3O4/c23-18-8-6-16(7-9-18)21(27)26-12-10-17(11-13-26)22(28)29-14-19-24-25-20(30-19)15-4-2-1-3-5-15/h1-9,17H,10-14H2. The third-order valence-corrected chi connectivity index (χ3v) is 5.03. The van der Waals surface area contributed by atoms with Crippen LogP contribution in [0.25, 0.3) is 11.5 Å². The van der Waals surface area contributed by atoms with Gasteiger partial charge in [-0.2, -0.15) is 0 Å². The predicted octanol–water partition coefficient (Wildman–Crippen LogP) is 3.47. The number of nitrogens with zero attached hydrogens (tertiary/aromatic N) is 3. The predicted molar refractivity (Wildman–Crippen MR) is 105 cm³/mol. The second-order valence-electron chi connectivity index (χ2n) is 7.05. The van der Waals surface area contributed by atoms with Crippen molar-refractivity contribution in [3.63, 3.8) is 0 Å². The summed E-state index contributed by atoms with van der Waals surface area (Å²) in [6, 6.07) is 14.8. The topological polar surface area (TPSA) is 85.5 Å². The first kappa shape index (κ1) is 19.8. The van der Waals surface area contributed by atoms with Gasteiger partial charge < -0.3 is 14.1 Å². The van der Waals surface area contributed by atoms with Gasteiger partial charge in [-0.3, -0.25) is 9.59 Å². The molecular formula is C22H20FN3O4. The highest BCUT2D eigenvalue weighted by Gasteiger charge is 2.29. The lowest BCUT2D eigenvalue weighted by molar-refractivity contribution is -0.152. The lowest BCUT2D eigenvalue weighted by Gasteiger charge is -2.30. The molecule has 0 N–H and O–H groups in total. The summed E-state index contributed by atoms with van der Waals surface area (Å²) >= 11 is 0. The zero-order chi connectivity index (χ0) is 20.9. The Bertz CT molecular complexity index is 1010. The number of rotatable bonds is 5. The number of esters is 1. The maximum atomic E-state index is 13.0. The van der Waals surface area contributed by atoms with Gasteiger partial charge in [-0.1, -0.05) is 18.2 Å². The zero-order valence-electron chi connectivity index (χ0n) is 16.2. The van der Waals surface area contributed by atoms with Crippen LogP contribution in [-0.2, 0) is 16.1 Å². The van der Waals surface area contributed by atoms with Crippen LogP contribution >= 0.6 is 0 Å². The Hall–Kier alpha value is -3.55. The summed E-state index contributed by atoms with van der Waals surface area (Å²) in [5.74, 6) is -0.589. The van der Waals surface area contributed by atoms with Gasteiger partial charge in [-0.05, 0) is 49.2 Å². The molecule has 0 saturated carbocycles. The molecule has 1 amide bonds. The molecule has 1 aliphatic rings. The van der Waals surface area contributed by atoms with Gasteiger partial charge in [0.25, 0.3) is 11.8 Å². The van der Waals surface area contributed by atoms with Crippen molar-refractivity contribution in [1.82, 2.24) is 15.1 Å². The Balaban J connectivity index is 1.26. The Kier molecular flexibility index (Phi) is 5.83. The number of aromatic nitrogens is 2. The molecule has 30 heavy (non-hydrogen) atoms. The van der Waals surface area contributed by atoms with E-state index in [1.807, 2.05) is 30.3 Å². The largest absolute Gasteiger partial charge is 0.455 e. The molecule has 8 heteroatoms. The molecule has 1 saturated heterocycles. The summed E-state index contributed by atoms with van der Waals surface area (Å²) < 4.78 is 23.9. The monoisotopic (exact) mass is 409 g/mol. The number of amides is 1. The van der Waals surface area contributed by atoms with Crippen LogP contribution in [0.5, 0.6) is 0 Å². The van der Waals surface area contributed by atoms with Gasteiger partial charge in [-0.15, -0.1) is 10.2 Å². The van der Waals surface area contributed by atoms with Crippen LogP contribution in [0.1, 0.15) is 29.1 Å². The van der Waals surface area contributed by atoms with Crippen LogP contribution in [-0.4, -0.2) is 40.1 Å². The van der Waals surface area contributed by atoms with Crippen LogP contribution in [0, 0.1) is 11.7 Å². The van der Waals surface area contributed by atoms with Crippen molar-refractivity contribution in [2.75, 3.05) is 13.1 Å². The number of hydrogen-bond acceptors (Lipinski definition) is 6. The van der Waals surface area contributed by atoms with Crippen LogP contribution in [0.2, 0.25) is 0 Å². The van der Waals surface area contributed by atoms with Gasteiger partial charge in [-0.25, -0.2) is 4.39 Å². The average Bonchev–Trinajstić information content (AvgIpc) is 3.27. The van der Waals surface area contributed by atoms with Crippen molar-refractivity contribution in [2.45, 2.75) is 19.4 Å². The van der Waals surface area contributed by atoms with E-state index in [0.29, 0.717) is 37.4 Å². The van der Waals surface area contributed by atoms with E-state index in [2.05, 4.69) is 10.2 Å². The molecule has 0 bridgehead atoms. The van der Waals surface area contributed by atoms with Gasteiger partial charge >= 0.3 is 5.97 Å². The van der Waals surface area contributed by atoms with E-state index in [9.17, 15) is 14.0 Å². The molecule has 3 aromatic rings. The van der Waals surface area contributed by atoms with Crippen molar-refractivity contribution in [3.05, 3.63) is 71.9 Å². The third kappa shape index (κ3) is 4.53. The van der Waals surface area contributed by atoms with Crippen molar-refractivity contribution < 1.29 is 23.1 Å². The summed E-state index contributed by atoms with van der Waals surface area (Å²) in [5.41, 5.74) is 1.23. The van der Waals surface area contributed by atoms with Crippen molar-refractivity contribution in [2.24, 2.45) is 5.92 Å². The molecular weight excluding hydrogens is 389 g/mol. The van der Waals surface area contributed by atoms with E-state index >= 15 is 0 Å². The third-order valence-electron chi connectivity index (χ3n) is 5.03. The van der Waals surface area contributed by atoms with Gasteiger partial charge in [0.15, 0.2) is 6.61 Å². The summed E-state index contributed by atoms with van der Waals surface area (Å²) in [7, 11) is 0. The molecule has 0 atom stereocenters. The minimum absolute atomic E-state index is 0.0899. The van der Waals surface area contributed by atoms with Gasteiger partial charge in [0.2, 0.25) is 5.89 Å². The van der Waals surface area contributed by atoms with Crippen LogP contribution < -0.4 is 0 Å². The number of piperidine rings is 1. The molecule has 0 spiro atoms. The van der Waals surface area contributed by atoms with Gasteiger partial charge in [0.05, 0.1) is 5.92 Å². The van der Waals surface area contributed by atoms with E-state index in [1.54, 1.807) is 4.90 Å². The Morgan fingerprint density at radius 3 is 2.43 bits per heavy atom. The number of halogens is 1. The molecule has 0 aliphatic carbocycles. The fourth-order valence-corrected chi connectivity index (χ4v) is 3.35. The average molecular weight is 409 g/mol. The minimum Gasteiger partial charge on any atom is -0.455 e. The molecule has 0 unspecified atom stereocenters. The van der Waals surface area contributed by atoms with Crippen molar-refractivity contribution >= 4 is 11.9 Å². The highest BCUT2D eigenvalue weighted by Crippen LogP contribution is 2.22. The molecule has 0 radical (unpaired) electrons. The molecule has 4 rings (SSSR count). The van der Waals surface area contributed by atoms with Crippen molar-refractivity contribution in [3.8, 4) is 11.5 Å². The molecule has 7 nitrogen and oxygen atoms in total. The Labute approximate surface area is 172 Å². The number of carbonyl (C=O) groups is 2.